The molecule has 0 aliphatic carbocycles. The van der Waals surface area contributed by atoms with Gasteiger partial charge in [-0.2, -0.15) is 0 Å². The van der Waals surface area contributed by atoms with Crippen LogP contribution in [0.25, 0.3) is 0 Å². The van der Waals surface area contributed by atoms with Gasteiger partial charge in [0.15, 0.2) is 11.5 Å². The van der Waals surface area contributed by atoms with Crippen LogP contribution in [0.5, 0.6) is 17.2 Å². The van der Waals surface area contributed by atoms with Crippen LogP contribution < -0.4 is 14.2 Å². The van der Waals surface area contributed by atoms with Crippen LogP contribution in [0.4, 0.5) is 0 Å². The molecule has 1 aliphatic rings. The fourth-order valence-electron chi connectivity index (χ4n) is 2.13. The minimum atomic E-state index is -0.365. The third-order valence-electron chi connectivity index (χ3n) is 3.53. The second-order valence-electron chi connectivity index (χ2n) is 5.62. The fourth-order valence-corrected chi connectivity index (χ4v) is 2.13. The highest BCUT2D eigenvalue weighted by atomic mass is 16.6. The molecule has 0 saturated carbocycles. The van der Waals surface area contributed by atoms with Gasteiger partial charge in [0.25, 0.3) is 0 Å². The highest BCUT2D eigenvalue weighted by molar-refractivity contribution is 5.86. The second-order valence-corrected chi connectivity index (χ2v) is 5.62. The van der Waals surface area contributed by atoms with Crippen LogP contribution in [-0.4, -0.2) is 46.1 Å². The highest BCUT2D eigenvalue weighted by Crippen LogP contribution is 2.39. The Morgan fingerprint density at radius 1 is 1.29 bits per heavy atom. The number of rotatable bonds is 10. The molecule has 0 bridgehead atoms. The van der Waals surface area contributed by atoms with Crippen LogP contribution in [0.15, 0.2) is 24.3 Å². The van der Waals surface area contributed by atoms with E-state index < -0.39 is 0 Å². The molecule has 6 heteroatoms. The van der Waals surface area contributed by atoms with Crippen molar-refractivity contribution >= 4 is 5.97 Å². The Bertz CT molecular complexity index is 566. The van der Waals surface area contributed by atoms with E-state index in [1.165, 1.54) is 0 Å². The molecule has 0 radical (unpaired) electrons. The van der Waals surface area contributed by atoms with E-state index in [0.29, 0.717) is 42.5 Å². The maximum atomic E-state index is 11.3. The molecule has 1 aromatic carbocycles. The van der Waals surface area contributed by atoms with Crippen molar-refractivity contribution in [3.63, 3.8) is 0 Å². The number of esters is 1. The summed E-state index contributed by atoms with van der Waals surface area (Å²) in [6.45, 7) is 6.72. The zero-order chi connectivity index (χ0) is 17.5. The van der Waals surface area contributed by atoms with Crippen molar-refractivity contribution in [1.29, 1.82) is 0 Å². The smallest absolute Gasteiger partial charge is 0.333 e. The maximum Gasteiger partial charge on any atom is 0.333 e. The molecular weight excluding hydrogens is 312 g/mol. The molecule has 0 amide bonds. The first-order valence-electron chi connectivity index (χ1n) is 7.87. The van der Waals surface area contributed by atoms with Crippen molar-refractivity contribution in [2.45, 2.75) is 25.9 Å². The predicted octanol–water partition coefficient (Wildman–Crippen LogP) is 2.53. The van der Waals surface area contributed by atoms with Gasteiger partial charge in [-0.15, -0.1) is 0 Å². The first kappa shape index (κ1) is 18.1. The predicted molar refractivity (Wildman–Crippen MR) is 88.9 cm³/mol. The summed E-state index contributed by atoms with van der Waals surface area (Å²) in [5.41, 5.74) is 1.42. The molecule has 2 rings (SSSR count). The summed E-state index contributed by atoms with van der Waals surface area (Å²) >= 11 is 0. The summed E-state index contributed by atoms with van der Waals surface area (Å²) in [6, 6.07) is 3.82. The number of carbonyl (C=O) groups is 1. The lowest BCUT2D eigenvalue weighted by atomic mass is 10.1. The van der Waals surface area contributed by atoms with E-state index in [0.717, 1.165) is 18.6 Å². The maximum absolute atomic E-state index is 11.3. The summed E-state index contributed by atoms with van der Waals surface area (Å²) < 4.78 is 26.8. The lowest BCUT2D eigenvalue weighted by Gasteiger charge is -2.15. The van der Waals surface area contributed by atoms with Crippen LogP contribution >= 0.6 is 0 Å². The Morgan fingerprint density at radius 3 is 2.42 bits per heavy atom. The van der Waals surface area contributed by atoms with Gasteiger partial charge in [-0.05, 0) is 37.5 Å². The Balaban J connectivity index is 1.96. The van der Waals surface area contributed by atoms with Crippen molar-refractivity contribution in [3.8, 4) is 17.2 Å². The molecule has 24 heavy (non-hydrogen) atoms. The number of methoxy groups -OCH3 is 2. The quantitative estimate of drug-likeness (QED) is 0.283. The van der Waals surface area contributed by atoms with Gasteiger partial charge >= 0.3 is 5.97 Å². The SMILES string of the molecule is C=C(C)C(=O)OCCCc1cc(OC)c(OCC2CO2)c(OC)c1. The third-order valence-corrected chi connectivity index (χ3v) is 3.53. The average Bonchev–Trinajstić information content (AvgIpc) is 3.40. The van der Waals surface area contributed by atoms with Gasteiger partial charge < -0.3 is 23.7 Å². The summed E-state index contributed by atoms with van der Waals surface area (Å²) in [7, 11) is 3.18. The van der Waals surface area contributed by atoms with E-state index in [-0.39, 0.29) is 12.1 Å². The van der Waals surface area contributed by atoms with Crippen molar-refractivity contribution in [1.82, 2.24) is 0 Å². The molecule has 1 atom stereocenters. The molecular formula is C18H24O6. The Labute approximate surface area is 142 Å². The summed E-state index contributed by atoms with van der Waals surface area (Å²) in [5.74, 6) is 1.44. The number of aryl methyl sites for hydroxylation is 1. The Hall–Kier alpha value is -2.21. The minimum absolute atomic E-state index is 0.155. The number of hydrogen-bond acceptors (Lipinski definition) is 6. The first-order chi connectivity index (χ1) is 11.5. The summed E-state index contributed by atoms with van der Waals surface area (Å²) in [4.78, 5) is 11.3. The molecule has 0 N–H and O–H groups in total. The van der Waals surface area contributed by atoms with Crippen LogP contribution in [0, 0.1) is 0 Å². The normalized spacial score (nSPS) is 15.5. The van der Waals surface area contributed by atoms with E-state index >= 15 is 0 Å². The van der Waals surface area contributed by atoms with E-state index in [9.17, 15) is 4.79 Å². The third kappa shape index (κ3) is 5.16. The fraction of sp³-hybridized carbons (Fsp3) is 0.500. The molecule has 1 unspecified atom stereocenters. The first-order valence-corrected chi connectivity index (χ1v) is 7.87. The Morgan fingerprint density at radius 2 is 1.92 bits per heavy atom. The molecule has 6 nitrogen and oxygen atoms in total. The zero-order valence-corrected chi connectivity index (χ0v) is 14.4. The van der Waals surface area contributed by atoms with Gasteiger partial charge in [0.05, 0.1) is 27.4 Å². The van der Waals surface area contributed by atoms with E-state index in [2.05, 4.69) is 6.58 Å². The Kier molecular flexibility index (Phi) is 6.49. The van der Waals surface area contributed by atoms with Gasteiger partial charge in [-0.25, -0.2) is 4.79 Å². The number of epoxide rings is 1. The van der Waals surface area contributed by atoms with Crippen LogP contribution in [0.3, 0.4) is 0 Å². The molecule has 1 heterocycles. The number of benzene rings is 1. The second kappa shape index (κ2) is 8.59. The molecule has 0 spiro atoms. The molecule has 1 aromatic rings. The van der Waals surface area contributed by atoms with Gasteiger partial charge in [-0.1, -0.05) is 6.58 Å². The van der Waals surface area contributed by atoms with Crippen molar-refractivity contribution in [2.24, 2.45) is 0 Å². The van der Waals surface area contributed by atoms with Crippen LogP contribution in [0.1, 0.15) is 18.9 Å². The number of ether oxygens (including phenoxy) is 5. The largest absolute Gasteiger partial charge is 0.493 e. The van der Waals surface area contributed by atoms with Gasteiger partial charge in [0.1, 0.15) is 12.7 Å². The van der Waals surface area contributed by atoms with Gasteiger partial charge in [-0.3, -0.25) is 0 Å². The van der Waals surface area contributed by atoms with Crippen molar-refractivity contribution in [3.05, 3.63) is 29.8 Å². The lowest BCUT2D eigenvalue weighted by molar-refractivity contribution is -0.139. The molecule has 1 saturated heterocycles. The highest BCUT2D eigenvalue weighted by Gasteiger charge is 2.25. The molecule has 132 valence electrons. The van der Waals surface area contributed by atoms with E-state index in [4.69, 9.17) is 23.7 Å². The van der Waals surface area contributed by atoms with E-state index in [1.807, 2.05) is 12.1 Å². The van der Waals surface area contributed by atoms with E-state index in [1.54, 1.807) is 21.1 Å². The summed E-state index contributed by atoms with van der Waals surface area (Å²) in [6.07, 6.45) is 1.58. The molecule has 1 fully saturated rings. The topological polar surface area (TPSA) is 66.5 Å². The van der Waals surface area contributed by atoms with Crippen LogP contribution in [0.2, 0.25) is 0 Å². The van der Waals surface area contributed by atoms with Gasteiger partial charge in [0, 0.05) is 5.57 Å². The van der Waals surface area contributed by atoms with Gasteiger partial charge in [0.2, 0.25) is 5.75 Å². The number of hydrogen-bond donors (Lipinski definition) is 0. The monoisotopic (exact) mass is 336 g/mol. The minimum Gasteiger partial charge on any atom is -0.493 e. The number of carbonyl (C=O) groups excluding carboxylic acids is 1. The standard InChI is InChI=1S/C18H24O6/c1-12(2)18(19)22-7-5-6-13-8-15(20-3)17(16(9-13)21-4)24-11-14-10-23-14/h8-9,14H,1,5-7,10-11H2,2-4H3. The van der Waals surface area contributed by atoms with Crippen molar-refractivity contribution in [2.75, 3.05) is 34.0 Å². The average molecular weight is 336 g/mol. The molecule has 0 aromatic heterocycles. The van der Waals surface area contributed by atoms with Crippen molar-refractivity contribution < 1.29 is 28.5 Å². The molecule has 1 aliphatic heterocycles. The lowest BCUT2D eigenvalue weighted by Crippen LogP contribution is -2.08. The summed E-state index contributed by atoms with van der Waals surface area (Å²) in [5, 5.41) is 0. The zero-order valence-electron chi connectivity index (χ0n) is 14.4. The van der Waals surface area contributed by atoms with Crippen LogP contribution in [-0.2, 0) is 20.7 Å².